The van der Waals surface area contributed by atoms with E-state index in [1.54, 1.807) is 38.9 Å². The molecular weight excluding hydrogens is 440 g/mol. The number of aryl methyl sites for hydroxylation is 1. The Kier molecular flexibility index (Phi) is 7.19. The Balaban J connectivity index is 1.51. The van der Waals surface area contributed by atoms with Crippen molar-refractivity contribution < 1.29 is 9.53 Å². The monoisotopic (exact) mass is 470 g/mol. The molecule has 1 amide bonds. The SMILES string of the molecule is CNC(=O)c1ccnc2c(C(C)[C@H](C)CNc3cc(-c4cnc(OC)c(C)c4)ncn3)cccc12. The number of rotatable bonds is 8. The first-order valence-corrected chi connectivity index (χ1v) is 11.6. The number of anilines is 1. The van der Waals surface area contributed by atoms with Gasteiger partial charge in [-0.1, -0.05) is 32.0 Å². The van der Waals surface area contributed by atoms with Crippen molar-refractivity contribution in [2.24, 2.45) is 5.92 Å². The van der Waals surface area contributed by atoms with Gasteiger partial charge in [-0.25, -0.2) is 15.0 Å². The molecule has 1 unspecified atom stereocenters. The third kappa shape index (κ3) is 5.06. The van der Waals surface area contributed by atoms with Crippen molar-refractivity contribution >= 4 is 22.6 Å². The van der Waals surface area contributed by atoms with E-state index in [4.69, 9.17) is 4.74 Å². The highest BCUT2D eigenvalue weighted by Gasteiger charge is 2.19. The summed E-state index contributed by atoms with van der Waals surface area (Å²) in [7, 11) is 3.25. The number of fused-ring (bicyclic) bond motifs is 1. The molecule has 0 spiro atoms. The van der Waals surface area contributed by atoms with Crippen LogP contribution in [0.5, 0.6) is 5.88 Å². The van der Waals surface area contributed by atoms with Crippen LogP contribution in [0.2, 0.25) is 0 Å². The number of carbonyl (C=O) groups is 1. The standard InChI is InChI=1S/C27H30N6O2/c1-16-11-19(14-31-27(16)35-5)23-12-24(33-15-32-23)30-13-17(2)18(3)20-7-6-8-21-22(26(34)28-4)9-10-29-25(20)21/h6-12,14-15,17-18H,13H2,1-5H3,(H,28,34)(H,30,32,33)/t17-,18?/m1/s1. The molecule has 4 aromatic rings. The Labute approximate surface area is 205 Å². The molecule has 180 valence electrons. The molecule has 8 heteroatoms. The number of aromatic nitrogens is 4. The van der Waals surface area contributed by atoms with E-state index in [2.05, 4.69) is 50.5 Å². The number of benzene rings is 1. The first-order valence-electron chi connectivity index (χ1n) is 11.6. The second-order valence-corrected chi connectivity index (χ2v) is 8.67. The van der Waals surface area contributed by atoms with Crippen molar-refractivity contribution in [1.29, 1.82) is 0 Å². The third-order valence-electron chi connectivity index (χ3n) is 6.41. The normalized spacial score (nSPS) is 12.7. The average molecular weight is 471 g/mol. The summed E-state index contributed by atoms with van der Waals surface area (Å²) in [6, 6.07) is 11.7. The Morgan fingerprint density at radius 1 is 1.09 bits per heavy atom. The molecule has 2 atom stereocenters. The number of pyridine rings is 2. The number of ether oxygens (including phenoxy) is 1. The fraction of sp³-hybridized carbons (Fsp3) is 0.296. The van der Waals surface area contributed by atoms with Gasteiger partial charge in [-0.05, 0) is 36.5 Å². The van der Waals surface area contributed by atoms with Gasteiger partial charge in [0.1, 0.15) is 12.1 Å². The number of nitrogens with zero attached hydrogens (tertiary/aromatic N) is 4. The Morgan fingerprint density at radius 3 is 2.66 bits per heavy atom. The molecule has 0 saturated carbocycles. The van der Waals surface area contributed by atoms with Gasteiger partial charge in [-0.3, -0.25) is 9.78 Å². The number of para-hydroxylation sites is 1. The lowest BCUT2D eigenvalue weighted by atomic mass is 9.87. The molecule has 3 heterocycles. The van der Waals surface area contributed by atoms with Gasteiger partial charge in [0.2, 0.25) is 5.88 Å². The highest BCUT2D eigenvalue weighted by Crippen LogP contribution is 2.31. The van der Waals surface area contributed by atoms with E-state index in [1.165, 1.54) is 0 Å². The topological polar surface area (TPSA) is 102 Å². The van der Waals surface area contributed by atoms with E-state index in [0.717, 1.165) is 39.1 Å². The molecule has 0 radical (unpaired) electrons. The molecule has 0 fully saturated rings. The van der Waals surface area contributed by atoms with E-state index in [9.17, 15) is 4.79 Å². The van der Waals surface area contributed by atoms with Crippen LogP contribution in [0.25, 0.3) is 22.2 Å². The molecule has 0 saturated heterocycles. The van der Waals surface area contributed by atoms with Crippen molar-refractivity contribution in [1.82, 2.24) is 25.3 Å². The fourth-order valence-electron chi connectivity index (χ4n) is 4.18. The summed E-state index contributed by atoms with van der Waals surface area (Å²) in [5.41, 5.74) is 5.26. The first kappa shape index (κ1) is 24.1. The smallest absolute Gasteiger partial charge is 0.251 e. The highest BCUT2D eigenvalue weighted by molar-refractivity contribution is 6.06. The number of hydrogen-bond donors (Lipinski definition) is 2. The van der Waals surface area contributed by atoms with Crippen LogP contribution < -0.4 is 15.4 Å². The van der Waals surface area contributed by atoms with Crippen LogP contribution in [-0.4, -0.2) is 46.5 Å². The van der Waals surface area contributed by atoms with Crippen molar-refractivity contribution in [2.45, 2.75) is 26.7 Å². The third-order valence-corrected chi connectivity index (χ3v) is 6.41. The second kappa shape index (κ2) is 10.5. The van der Waals surface area contributed by atoms with Crippen molar-refractivity contribution in [2.75, 3.05) is 26.0 Å². The van der Waals surface area contributed by atoms with E-state index in [0.29, 0.717) is 18.0 Å². The Hall–Kier alpha value is -4.07. The maximum atomic E-state index is 12.3. The predicted octanol–water partition coefficient (Wildman–Crippen LogP) is 4.62. The van der Waals surface area contributed by atoms with Gasteiger partial charge in [0, 0.05) is 48.6 Å². The van der Waals surface area contributed by atoms with Crippen LogP contribution >= 0.6 is 0 Å². The number of carbonyl (C=O) groups excluding carboxylic acids is 1. The molecule has 1 aromatic carbocycles. The van der Waals surface area contributed by atoms with Gasteiger partial charge in [0.15, 0.2) is 0 Å². The van der Waals surface area contributed by atoms with Gasteiger partial charge >= 0.3 is 0 Å². The summed E-state index contributed by atoms with van der Waals surface area (Å²) in [4.78, 5) is 30.1. The lowest BCUT2D eigenvalue weighted by molar-refractivity contribution is 0.0964. The van der Waals surface area contributed by atoms with E-state index in [-0.39, 0.29) is 17.7 Å². The summed E-state index contributed by atoms with van der Waals surface area (Å²) < 4.78 is 5.25. The van der Waals surface area contributed by atoms with Crippen molar-refractivity contribution in [3.05, 3.63) is 71.8 Å². The molecule has 2 N–H and O–H groups in total. The zero-order valence-corrected chi connectivity index (χ0v) is 20.7. The van der Waals surface area contributed by atoms with E-state index in [1.807, 2.05) is 31.2 Å². The molecule has 0 aliphatic carbocycles. The number of nitrogens with one attached hydrogen (secondary N) is 2. The average Bonchev–Trinajstić information content (AvgIpc) is 2.90. The highest BCUT2D eigenvalue weighted by atomic mass is 16.5. The van der Waals surface area contributed by atoms with Crippen molar-refractivity contribution in [3.8, 4) is 17.1 Å². The summed E-state index contributed by atoms with van der Waals surface area (Å²) in [5, 5.41) is 7.02. The van der Waals surface area contributed by atoms with Gasteiger partial charge in [0.25, 0.3) is 5.91 Å². The minimum absolute atomic E-state index is 0.112. The Bertz CT molecular complexity index is 1360. The predicted molar refractivity (Wildman–Crippen MR) is 138 cm³/mol. The minimum Gasteiger partial charge on any atom is -0.481 e. The van der Waals surface area contributed by atoms with Crippen LogP contribution in [0.1, 0.15) is 41.3 Å². The zero-order chi connectivity index (χ0) is 24.9. The largest absolute Gasteiger partial charge is 0.481 e. The van der Waals surface area contributed by atoms with Crippen molar-refractivity contribution in [3.63, 3.8) is 0 Å². The molecule has 0 bridgehead atoms. The quantitative estimate of drug-likeness (QED) is 0.387. The lowest BCUT2D eigenvalue weighted by Crippen LogP contribution is -2.19. The van der Waals surface area contributed by atoms with Gasteiger partial charge in [-0.15, -0.1) is 0 Å². The molecule has 3 aromatic heterocycles. The van der Waals surface area contributed by atoms with Crippen LogP contribution in [0.15, 0.2) is 55.1 Å². The molecular formula is C27H30N6O2. The second-order valence-electron chi connectivity index (χ2n) is 8.67. The number of amides is 1. The molecule has 4 rings (SSSR count). The van der Waals surface area contributed by atoms with Crippen LogP contribution in [-0.2, 0) is 0 Å². The summed E-state index contributed by atoms with van der Waals surface area (Å²) >= 11 is 0. The summed E-state index contributed by atoms with van der Waals surface area (Å²) in [6.07, 6.45) is 5.01. The van der Waals surface area contributed by atoms with Crippen LogP contribution in [0, 0.1) is 12.8 Å². The molecule has 35 heavy (non-hydrogen) atoms. The first-order chi connectivity index (χ1) is 16.9. The molecule has 0 aliphatic rings. The molecule has 8 nitrogen and oxygen atoms in total. The van der Waals surface area contributed by atoms with Crippen LogP contribution in [0.4, 0.5) is 5.82 Å². The Morgan fingerprint density at radius 2 is 1.91 bits per heavy atom. The molecule has 0 aliphatic heterocycles. The summed E-state index contributed by atoms with van der Waals surface area (Å²) in [6.45, 7) is 7.05. The maximum absolute atomic E-state index is 12.3. The summed E-state index contributed by atoms with van der Waals surface area (Å²) in [5.74, 6) is 1.72. The minimum atomic E-state index is -0.112. The van der Waals surface area contributed by atoms with Gasteiger partial charge in [0.05, 0.1) is 23.9 Å². The van der Waals surface area contributed by atoms with Gasteiger partial charge in [-0.2, -0.15) is 0 Å². The van der Waals surface area contributed by atoms with E-state index < -0.39 is 0 Å². The lowest BCUT2D eigenvalue weighted by Gasteiger charge is -2.22. The van der Waals surface area contributed by atoms with Gasteiger partial charge < -0.3 is 15.4 Å². The van der Waals surface area contributed by atoms with Crippen LogP contribution in [0.3, 0.4) is 0 Å². The fourth-order valence-corrected chi connectivity index (χ4v) is 4.18. The number of methoxy groups -OCH3 is 1. The number of hydrogen-bond acceptors (Lipinski definition) is 7. The maximum Gasteiger partial charge on any atom is 0.251 e. The van der Waals surface area contributed by atoms with E-state index >= 15 is 0 Å². The zero-order valence-electron chi connectivity index (χ0n) is 20.7.